The van der Waals surface area contributed by atoms with E-state index in [9.17, 15) is 9.59 Å². The predicted octanol–water partition coefficient (Wildman–Crippen LogP) is 3.49. The summed E-state index contributed by atoms with van der Waals surface area (Å²) in [5, 5.41) is 6.28. The Morgan fingerprint density at radius 1 is 1.12 bits per heavy atom. The zero-order chi connectivity index (χ0) is 18.1. The van der Waals surface area contributed by atoms with E-state index in [2.05, 4.69) is 10.6 Å². The average Bonchev–Trinajstić information content (AvgIpc) is 2.64. The lowest BCUT2D eigenvalue weighted by Gasteiger charge is -2.44. The highest BCUT2D eigenvalue weighted by atomic mass is 35.5. The summed E-state index contributed by atoms with van der Waals surface area (Å²) in [6.45, 7) is 0.942. The summed E-state index contributed by atoms with van der Waals surface area (Å²) in [6, 6.07) is 14.1. The number of urea groups is 1. The number of halogens is 1. The van der Waals surface area contributed by atoms with Crippen LogP contribution in [-0.4, -0.2) is 35.7 Å². The zero-order valence-corrected chi connectivity index (χ0v) is 14.8. The molecule has 26 heavy (non-hydrogen) atoms. The van der Waals surface area contributed by atoms with Crippen molar-refractivity contribution in [2.24, 2.45) is 0 Å². The second kappa shape index (κ2) is 6.53. The Morgan fingerprint density at radius 2 is 1.81 bits per heavy atom. The minimum absolute atomic E-state index is 0.138. The van der Waals surface area contributed by atoms with E-state index in [-0.39, 0.29) is 11.9 Å². The van der Waals surface area contributed by atoms with Crippen LogP contribution in [0.25, 0.3) is 0 Å². The number of nitrogens with one attached hydrogen (secondary N) is 2. The van der Waals surface area contributed by atoms with E-state index in [4.69, 9.17) is 16.3 Å². The molecule has 134 valence electrons. The molecule has 2 aromatic carbocycles. The summed E-state index contributed by atoms with van der Waals surface area (Å²) in [7, 11) is 0. The molecule has 1 spiro atoms. The number of carbonyl (C=O) groups is 2. The summed E-state index contributed by atoms with van der Waals surface area (Å²) in [4.78, 5) is 26.5. The Bertz CT molecular complexity index is 863. The van der Waals surface area contributed by atoms with Gasteiger partial charge in [-0.2, -0.15) is 0 Å². The Balaban J connectivity index is 1.42. The van der Waals surface area contributed by atoms with Gasteiger partial charge < -0.3 is 20.3 Å². The second-order valence-electron chi connectivity index (χ2n) is 6.44. The van der Waals surface area contributed by atoms with Gasteiger partial charge in [0.2, 0.25) is 0 Å². The average molecular weight is 372 g/mol. The van der Waals surface area contributed by atoms with Gasteiger partial charge in [-0.05, 0) is 24.3 Å². The third-order valence-electron chi connectivity index (χ3n) is 4.75. The van der Waals surface area contributed by atoms with Gasteiger partial charge in [0.15, 0.2) is 5.72 Å². The summed E-state index contributed by atoms with van der Waals surface area (Å²) < 4.78 is 6.08. The minimum atomic E-state index is -0.757. The van der Waals surface area contributed by atoms with Crippen molar-refractivity contribution in [3.63, 3.8) is 0 Å². The molecule has 0 atom stereocenters. The number of benzene rings is 2. The van der Waals surface area contributed by atoms with Crippen molar-refractivity contribution in [3.8, 4) is 5.75 Å². The lowest BCUT2D eigenvalue weighted by atomic mass is 9.97. The Hall–Kier alpha value is -2.73. The van der Waals surface area contributed by atoms with Crippen LogP contribution in [0.5, 0.6) is 5.75 Å². The first-order valence-corrected chi connectivity index (χ1v) is 8.85. The van der Waals surface area contributed by atoms with Crippen molar-refractivity contribution in [3.05, 3.63) is 59.1 Å². The smallest absolute Gasteiger partial charge is 0.321 e. The number of rotatable bonds is 1. The molecule has 2 heterocycles. The van der Waals surface area contributed by atoms with Gasteiger partial charge in [0.25, 0.3) is 5.91 Å². The van der Waals surface area contributed by atoms with E-state index < -0.39 is 5.72 Å². The van der Waals surface area contributed by atoms with Crippen LogP contribution in [0.4, 0.5) is 10.5 Å². The maximum absolute atomic E-state index is 12.5. The van der Waals surface area contributed by atoms with Crippen LogP contribution in [0.15, 0.2) is 48.5 Å². The van der Waals surface area contributed by atoms with Crippen molar-refractivity contribution >= 4 is 29.2 Å². The molecule has 1 fully saturated rings. The van der Waals surface area contributed by atoms with Crippen LogP contribution in [0.3, 0.4) is 0 Å². The van der Waals surface area contributed by atoms with Crippen molar-refractivity contribution < 1.29 is 14.3 Å². The molecule has 2 aliphatic heterocycles. The molecule has 3 amide bonds. The number of likely N-dealkylation sites (tertiary alicyclic amines) is 1. The summed E-state index contributed by atoms with van der Waals surface area (Å²) >= 11 is 6.09. The third kappa shape index (κ3) is 3.08. The van der Waals surface area contributed by atoms with Crippen LogP contribution in [-0.2, 0) is 0 Å². The lowest BCUT2D eigenvalue weighted by molar-refractivity contribution is -0.0203. The van der Waals surface area contributed by atoms with Crippen LogP contribution >= 0.6 is 11.6 Å². The first kappa shape index (κ1) is 16.7. The fraction of sp³-hybridized carbons (Fsp3) is 0.263. The van der Waals surface area contributed by atoms with E-state index in [0.717, 1.165) is 0 Å². The number of para-hydroxylation sites is 2. The van der Waals surface area contributed by atoms with Gasteiger partial charge in [0.1, 0.15) is 5.75 Å². The molecule has 0 bridgehead atoms. The molecule has 2 aliphatic rings. The van der Waals surface area contributed by atoms with Gasteiger partial charge >= 0.3 is 6.03 Å². The Kier molecular flexibility index (Phi) is 4.20. The molecule has 0 aliphatic carbocycles. The zero-order valence-electron chi connectivity index (χ0n) is 14.0. The van der Waals surface area contributed by atoms with E-state index in [1.807, 2.05) is 18.2 Å². The number of amides is 3. The summed E-state index contributed by atoms with van der Waals surface area (Å²) in [5.41, 5.74) is 0.361. The molecule has 1 saturated heterocycles. The van der Waals surface area contributed by atoms with Gasteiger partial charge in [0.05, 0.1) is 16.3 Å². The topological polar surface area (TPSA) is 70.7 Å². The van der Waals surface area contributed by atoms with Gasteiger partial charge in [-0.15, -0.1) is 0 Å². The number of carbonyl (C=O) groups excluding carboxylic acids is 2. The molecular formula is C19H18ClN3O3. The van der Waals surface area contributed by atoms with Crippen molar-refractivity contribution in [2.45, 2.75) is 18.6 Å². The van der Waals surface area contributed by atoms with Crippen molar-refractivity contribution in [1.29, 1.82) is 0 Å². The predicted molar refractivity (Wildman–Crippen MR) is 98.5 cm³/mol. The number of nitrogens with zero attached hydrogens (tertiary/aromatic N) is 1. The summed E-state index contributed by atoms with van der Waals surface area (Å²) in [6.07, 6.45) is 1.03. The standard InChI is InChI=1S/C19H18ClN3O3/c20-14-6-2-3-7-15(14)21-18(25)23-11-9-19(10-12-23)22-17(24)13-5-1-4-8-16(13)26-19/h1-8H,9-12H2,(H,21,25)(H,22,24). The number of ether oxygens (including phenoxy) is 1. The third-order valence-corrected chi connectivity index (χ3v) is 5.08. The van der Waals surface area contributed by atoms with Crippen LogP contribution in [0.1, 0.15) is 23.2 Å². The highest BCUT2D eigenvalue weighted by molar-refractivity contribution is 6.33. The van der Waals surface area contributed by atoms with Gasteiger partial charge in [0, 0.05) is 25.9 Å². The van der Waals surface area contributed by atoms with Gasteiger partial charge in [-0.25, -0.2) is 4.79 Å². The van der Waals surface area contributed by atoms with Crippen LogP contribution < -0.4 is 15.4 Å². The largest absolute Gasteiger partial charge is 0.467 e. The van der Waals surface area contributed by atoms with Crippen molar-refractivity contribution in [1.82, 2.24) is 10.2 Å². The molecule has 0 unspecified atom stereocenters. The molecule has 4 rings (SSSR count). The van der Waals surface area contributed by atoms with E-state index >= 15 is 0 Å². The fourth-order valence-electron chi connectivity index (χ4n) is 3.31. The first-order valence-electron chi connectivity index (χ1n) is 8.47. The van der Waals surface area contributed by atoms with Crippen molar-refractivity contribution in [2.75, 3.05) is 18.4 Å². The quantitative estimate of drug-likeness (QED) is 0.806. The minimum Gasteiger partial charge on any atom is -0.467 e. The molecule has 6 nitrogen and oxygen atoms in total. The molecule has 2 N–H and O–H groups in total. The fourth-order valence-corrected chi connectivity index (χ4v) is 3.49. The number of hydrogen-bond acceptors (Lipinski definition) is 3. The number of hydrogen-bond donors (Lipinski definition) is 2. The molecular weight excluding hydrogens is 354 g/mol. The number of fused-ring (bicyclic) bond motifs is 1. The molecule has 2 aromatic rings. The normalized spacial score (nSPS) is 17.9. The SMILES string of the molecule is O=C1NC2(CCN(C(=O)Nc3ccccc3Cl)CC2)Oc2ccccc21. The maximum atomic E-state index is 12.5. The Morgan fingerprint density at radius 3 is 2.58 bits per heavy atom. The van der Waals surface area contributed by atoms with E-state index in [1.54, 1.807) is 35.2 Å². The molecule has 0 aromatic heterocycles. The van der Waals surface area contributed by atoms with Crippen LogP contribution in [0.2, 0.25) is 5.02 Å². The maximum Gasteiger partial charge on any atom is 0.321 e. The molecule has 0 radical (unpaired) electrons. The lowest BCUT2D eigenvalue weighted by Crippen LogP contribution is -2.61. The highest BCUT2D eigenvalue weighted by Gasteiger charge is 2.43. The van der Waals surface area contributed by atoms with Gasteiger partial charge in [-0.1, -0.05) is 35.9 Å². The number of piperidine rings is 1. The van der Waals surface area contributed by atoms with E-state index in [0.29, 0.717) is 48.0 Å². The Labute approximate surface area is 156 Å². The summed E-state index contributed by atoms with van der Waals surface area (Å²) in [5.74, 6) is 0.450. The van der Waals surface area contributed by atoms with Crippen LogP contribution in [0, 0.1) is 0 Å². The van der Waals surface area contributed by atoms with E-state index in [1.165, 1.54) is 0 Å². The molecule has 0 saturated carbocycles. The monoisotopic (exact) mass is 371 g/mol. The second-order valence-corrected chi connectivity index (χ2v) is 6.85. The highest BCUT2D eigenvalue weighted by Crippen LogP contribution is 2.33. The number of anilines is 1. The van der Waals surface area contributed by atoms with Gasteiger partial charge in [-0.3, -0.25) is 4.79 Å². The first-order chi connectivity index (χ1) is 12.6. The molecule has 7 heteroatoms.